The molecule has 0 aliphatic carbocycles. The zero-order valence-electron chi connectivity index (χ0n) is 11.2. The van der Waals surface area contributed by atoms with Crippen molar-refractivity contribution in [2.24, 2.45) is 5.41 Å². The molecule has 1 rings (SSSR count). The van der Waals surface area contributed by atoms with Gasteiger partial charge in [0.2, 0.25) is 5.91 Å². The molecule has 0 aliphatic heterocycles. The van der Waals surface area contributed by atoms with Crippen LogP contribution in [0.1, 0.15) is 24.2 Å². The van der Waals surface area contributed by atoms with Crippen LogP contribution in [0.25, 0.3) is 0 Å². The molecule has 6 heteroatoms. The van der Waals surface area contributed by atoms with Gasteiger partial charge in [0.05, 0.1) is 11.1 Å². The van der Waals surface area contributed by atoms with E-state index < -0.39 is 17.1 Å². The third kappa shape index (κ3) is 3.67. The number of benzene rings is 1. The second-order valence-electron chi connectivity index (χ2n) is 4.88. The molecule has 0 aromatic heterocycles. The number of hydrogen-bond acceptors (Lipinski definition) is 3. The number of amides is 2. The average molecular weight is 267 g/mol. The fraction of sp³-hybridized carbons (Fsp3) is 0.385. The minimum atomic E-state index is -0.726. The summed E-state index contributed by atoms with van der Waals surface area (Å²) < 4.78 is 13.0. The van der Waals surface area contributed by atoms with E-state index in [0.29, 0.717) is 0 Å². The molecule has 0 fully saturated rings. The van der Waals surface area contributed by atoms with E-state index in [2.05, 4.69) is 10.6 Å². The molecule has 0 aliphatic rings. The van der Waals surface area contributed by atoms with Gasteiger partial charge in [0.1, 0.15) is 5.82 Å². The van der Waals surface area contributed by atoms with Crippen molar-refractivity contribution < 1.29 is 14.0 Å². The van der Waals surface area contributed by atoms with Crippen LogP contribution in [-0.2, 0) is 4.79 Å². The van der Waals surface area contributed by atoms with Gasteiger partial charge in [0.25, 0.3) is 5.91 Å². The first-order valence-electron chi connectivity index (χ1n) is 5.83. The monoisotopic (exact) mass is 267 g/mol. The third-order valence-electron chi connectivity index (χ3n) is 2.79. The summed E-state index contributed by atoms with van der Waals surface area (Å²) >= 11 is 0. The van der Waals surface area contributed by atoms with Crippen LogP contribution in [0, 0.1) is 11.2 Å². The van der Waals surface area contributed by atoms with Crippen LogP contribution >= 0.6 is 0 Å². The van der Waals surface area contributed by atoms with Crippen molar-refractivity contribution in [2.45, 2.75) is 13.8 Å². The van der Waals surface area contributed by atoms with Crippen molar-refractivity contribution in [3.63, 3.8) is 0 Å². The quantitative estimate of drug-likeness (QED) is 0.709. The molecule has 0 bridgehead atoms. The maximum absolute atomic E-state index is 13.0. The maximum atomic E-state index is 13.0. The van der Waals surface area contributed by atoms with Crippen LogP contribution in [0.2, 0.25) is 0 Å². The summed E-state index contributed by atoms with van der Waals surface area (Å²) in [6.07, 6.45) is 0. The van der Waals surface area contributed by atoms with Crippen LogP contribution in [0.5, 0.6) is 0 Å². The Morgan fingerprint density at radius 3 is 2.53 bits per heavy atom. The molecule has 0 heterocycles. The normalized spacial score (nSPS) is 10.9. The van der Waals surface area contributed by atoms with Gasteiger partial charge < -0.3 is 16.4 Å². The van der Waals surface area contributed by atoms with Crippen molar-refractivity contribution in [1.82, 2.24) is 10.6 Å². The lowest BCUT2D eigenvalue weighted by atomic mass is 9.92. The lowest BCUT2D eigenvalue weighted by Crippen LogP contribution is -2.43. The molecule has 104 valence electrons. The van der Waals surface area contributed by atoms with Crippen LogP contribution in [-0.4, -0.2) is 25.4 Å². The van der Waals surface area contributed by atoms with Crippen molar-refractivity contribution in [2.75, 3.05) is 19.3 Å². The first-order chi connectivity index (χ1) is 8.77. The highest BCUT2D eigenvalue weighted by molar-refractivity contribution is 5.95. The smallest absolute Gasteiger partial charge is 0.251 e. The van der Waals surface area contributed by atoms with Gasteiger partial charge in [0.15, 0.2) is 0 Å². The second-order valence-corrected chi connectivity index (χ2v) is 4.88. The third-order valence-corrected chi connectivity index (χ3v) is 2.79. The Hall–Kier alpha value is -2.11. The van der Waals surface area contributed by atoms with Gasteiger partial charge in [-0.2, -0.15) is 0 Å². The molecule has 0 radical (unpaired) electrons. The van der Waals surface area contributed by atoms with E-state index in [9.17, 15) is 14.0 Å². The van der Waals surface area contributed by atoms with Gasteiger partial charge in [-0.15, -0.1) is 0 Å². The summed E-state index contributed by atoms with van der Waals surface area (Å²) in [6, 6.07) is 3.74. The van der Waals surface area contributed by atoms with E-state index in [0.717, 1.165) is 6.07 Å². The number of anilines is 1. The minimum Gasteiger partial charge on any atom is -0.396 e. The highest BCUT2D eigenvalue weighted by Crippen LogP contribution is 2.15. The zero-order valence-corrected chi connectivity index (χ0v) is 11.2. The van der Waals surface area contributed by atoms with Crippen molar-refractivity contribution in [3.8, 4) is 0 Å². The minimum absolute atomic E-state index is 0.0850. The van der Waals surface area contributed by atoms with Gasteiger partial charge in [-0.25, -0.2) is 4.39 Å². The van der Waals surface area contributed by atoms with E-state index in [1.807, 2.05) is 0 Å². The van der Waals surface area contributed by atoms with Crippen LogP contribution < -0.4 is 16.4 Å². The Balaban J connectivity index is 2.70. The highest BCUT2D eigenvalue weighted by Gasteiger charge is 2.27. The molecule has 0 atom stereocenters. The van der Waals surface area contributed by atoms with E-state index in [-0.39, 0.29) is 23.7 Å². The SMILES string of the molecule is CNC(=O)C(C)(C)CNC(=O)c1ccc(F)c(N)c1. The van der Waals surface area contributed by atoms with Gasteiger partial charge in [0, 0.05) is 19.2 Å². The molecule has 5 nitrogen and oxygen atoms in total. The molecular formula is C13H18FN3O2. The first kappa shape index (κ1) is 14.9. The van der Waals surface area contributed by atoms with E-state index in [4.69, 9.17) is 5.73 Å². The number of halogens is 1. The molecule has 1 aromatic carbocycles. The van der Waals surface area contributed by atoms with Crippen molar-refractivity contribution in [1.29, 1.82) is 0 Å². The van der Waals surface area contributed by atoms with Crippen molar-refractivity contribution >= 4 is 17.5 Å². The largest absolute Gasteiger partial charge is 0.396 e. The first-order valence-corrected chi connectivity index (χ1v) is 5.83. The predicted molar refractivity (Wildman–Crippen MR) is 71.0 cm³/mol. The fourth-order valence-electron chi connectivity index (χ4n) is 1.51. The zero-order chi connectivity index (χ0) is 14.6. The molecule has 0 saturated heterocycles. The molecule has 1 aromatic rings. The molecule has 0 unspecified atom stereocenters. The fourth-order valence-corrected chi connectivity index (χ4v) is 1.51. The highest BCUT2D eigenvalue weighted by atomic mass is 19.1. The van der Waals surface area contributed by atoms with E-state index in [1.165, 1.54) is 19.2 Å². The van der Waals surface area contributed by atoms with Crippen LogP contribution in [0.15, 0.2) is 18.2 Å². The van der Waals surface area contributed by atoms with Crippen molar-refractivity contribution in [3.05, 3.63) is 29.6 Å². The molecule has 2 amide bonds. The summed E-state index contributed by atoms with van der Waals surface area (Å²) in [5.41, 5.74) is 4.84. The summed E-state index contributed by atoms with van der Waals surface area (Å²) in [6.45, 7) is 3.60. The van der Waals surface area contributed by atoms with Crippen LogP contribution in [0.4, 0.5) is 10.1 Å². The lowest BCUT2D eigenvalue weighted by Gasteiger charge is -2.22. The number of carbonyl (C=O) groups is 2. The molecule has 0 spiro atoms. The number of rotatable bonds is 4. The van der Waals surface area contributed by atoms with Gasteiger partial charge in [-0.3, -0.25) is 9.59 Å². The summed E-state index contributed by atoms with van der Waals surface area (Å²) in [5.74, 6) is -1.14. The molecule has 19 heavy (non-hydrogen) atoms. The average Bonchev–Trinajstić information content (AvgIpc) is 2.38. The van der Waals surface area contributed by atoms with Gasteiger partial charge >= 0.3 is 0 Å². The number of hydrogen-bond donors (Lipinski definition) is 3. The Kier molecular flexibility index (Phi) is 4.47. The molecule has 0 saturated carbocycles. The van der Waals surface area contributed by atoms with Gasteiger partial charge in [-0.05, 0) is 32.0 Å². The van der Waals surface area contributed by atoms with E-state index in [1.54, 1.807) is 13.8 Å². The molecule has 4 N–H and O–H groups in total. The topological polar surface area (TPSA) is 84.2 Å². The Labute approximate surface area is 111 Å². The Bertz CT molecular complexity index is 501. The van der Waals surface area contributed by atoms with Crippen LogP contribution in [0.3, 0.4) is 0 Å². The summed E-state index contributed by atoms with van der Waals surface area (Å²) in [7, 11) is 1.53. The Morgan fingerprint density at radius 1 is 1.37 bits per heavy atom. The number of nitrogens with one attached hydrogen (secondary N) is 2. The Morgan fingerprint density at radius 2 is 2.00 bits per heavy atom. The molecular weight excluding hydrogens is 249 g/mol. The summed E-state index contributed by atoms with van der Waals surface area (Å²) in [4.78, 5) is 23.4. The number of carbonyl (C=O) groups excluding carboxylic acids is 2. The maximum Gasteiger partial charge on any atom is 0.251 e. The predicted octanol–water partition coefficient (Wildman–Crippen LogP) is 0.910. The standard InChI is InChI=1S/C13H18FN3O2/c1-13(2,12(19)16-3)7-17-11(18)8-4-5-9(14)10(15)6-8/h4-6H,7,15H2,1-3H3,(H,16,19)(H,17,18). The van der Waals surface area contributed by atoms with E-state index >= 15 is 0 Å². The number of nitrogens with two attached hydrogens (primary N) is 1. The number of nitrogen functional groups attached to an aromatic ring is 1. The van der Waals surface area contributed by atoms with Gasteiger partial charge in [-0.1, -0.05) is 0 Å². The summed E-state index contributed by atoms with van der Waals surface area (Å²) in [5, 5.41) is 5.15. The lowest BCUT2D eigenvalue weighted by molar-refractivity contribution is -0.128. The second kappa shape index (κ2) is 5.69.